The molecule has 56 valence electrons. The number of aliphatic hydroxyl groups excluding tert-OH is 1. The summed E-state index contributed by atoms with van der Waals surface area (Å²) in [6, 6.07) is 0. The van der Waals surface area contributed by atoms with E-state index < -0.39 is 0 Å². The van der Waals surface area contributed by atoms with E-state index in [0.717, 1.165) is 0 Å². The SMILES string of the molecule is C=C[C@@H]1O[C@H]1[C@@H]1O[C@H]1CO. The van der Waals surface area contributed by atoms with E-state index in [4.69, 9.17) is 14.6 Å². The summed E-state index contributed by atoms with van der Waals surface area (Å²) in [7, 11) is 0. The van der Waals surface area contributed by atoms with Gasteiger partial charge in [-0.05, 0) is 0 Å². The smallest absolute Gasteiger partial charge is 0.117 e. The molecule has 0 aromatic carbocycles. The van der Waals surface area contributed by atoms with Crippen LogP contribution < -0.4 is 0 Å². The third-order valence-electron chi connectivity index (χ3n) is 1.92. The van der Waals surface area contributed by atoms with E-state index in [1.807, 2.05) is 0 Å². The van der Waals surface area contributed by atoms with Gasteiger partial charge in [-0.1, -0.05) is 6.08 Å². The lowest BCUT2D eigenvalue weighted by Gasteiger charge is -1.80. The minimum absolute atomic E-state index is 0.0231. The Morgan fingerprint density at radius 1 is 1.40 bits per heavy atom. The van der Waals surface area contributed by atoms with E-state index in [2.05, 4.69) is 6.58 Å². The highest BCUT2D eigenvalue weighted by Gasteiger charge is 2.55. The molecule has 0 unspecified atom stereocenters. The van der Waals surface area contributed by atoms with Crippen LogP contribution in [0.4, 0.5) is 0 Å². The molecule has 2 saturated heterocycles. The van der Waals surface area contributed by atoms with Crippen molar-refractivity contribution in [1.29, 1.82) is 0 Å². The maximum absolute atomic E-state index is 8.61. The van der Waals surface area contributed by atoms with Gasteiger partial charge in [0.2, 0.25) is 0 Å². The molecule has 0 aromatic rings. The topological polar surface area (TPSA) is 45.3 Å². The second-order valence-corrected chi connectivity index (χ2v) is 2.62. The molecule has 2 aliphatic rings. The number of epoxide rings is 2. The van der Waals surface area contributed by atoms with Gasteiger partial charge in [-0.2, -0.15) is 0 Å². The van der Waals surface area contributed by atoms with Gasteiger partial charge in [0.05, 0.1) is 6.61 Å². The monoisotopic (exact) mass is 142 g/mol. The first-order valence-electron chi connectivity index (χ1n) is 3.41. The van der Waals surface area contributed by atoms with Crippen LogP contribution >= 0.6 is 0 Å². The quantitative estimate of drug-likeness (QED) is 0.434. The van der Waals surface area contributed by atoms with Crippen LogP contribution in [0.2, 0.25) is 0 Å². The minimum Gasteiger partial charge on any atom is -0.394 e. The van der Waals surface area contributed by atoms with E-state index in [-0.39, 0.29) is 31.0 Å². The average molecular weight is 142 g/mol. The van der Waals surface area contributed by atoms with Gasteiger partial charge in [0, 0.05) is 0 Å². The molecule has 2 fully saturated rings. The zero-order valence-corrected chi connectivity index (χ0v) is 5.56. The van der Waals surface area contributed by atoms with Gasteiger partial charge in [-0.3, -0.25) is 0 Å². The number of hydrogen-bond donors (Lipinski definition) is 1. The van der Waals surface area contributed by atoms with Crippen LogP contribution in [-0.4, -0.2) is 36.1 Å². The molecule has 0 amide bonds. The normalized spacial score (nSPS) is 50.5. The highest BCUT2D eigenvalue weighted by Crippen LogP contribution is 2.38. The van der Waals surface area contributed by atoms with E-state index in [1.165, 1.54) is 0 Å². The summed E-state index contributed by atoms with van der Waals surface area (Å²) in [6.45, 7) is 3.70. The first-order valence-corrected chi connectivity index (χ1v) is 3.41. The predicted molar refractivity (Wildman–Crippen MR) is 34.6 cm³/mol. The third kappa shape index (κ3) is 0.868. The highest BCUT2D eigenvalue weighted by molar-refractivity contribution is 5.08. The number of ether oxygens (including phenoxy) is 2. The van der Waals surface area contributed by atoms with Crippen molar-refractivity contribution in [2.75, 3.05) is 6.61 Å². The first kappa shape index (κ1) is 6.34. The molecule has 3 heteroatoms. The van der Waals surface area contributed by atoms with Gasteiger partial charge in [-0.15, -0.1) is 6.58 Å². The summed E-state index contributed by atoms with van der Waals surface area (Å²) in [6.07, 6.45) is 2.26. The Kier molecular flexibility index (Phi) is 1.30. The van der Waals surface area contributed by atoms with Gasteiger partial charge in [0.25, 0.3) is 0 Å². The van der Waals surface area contributed by atoms with Gasteiger partial charge in [-0.25, -0.2) is 0 Å². The number of hydrogen-bond acceptors (Lipinski definition) is 3. The molecule has 10 heavy (non-hydrogen) atoms. The molecule has 2 rings (SSSR count). The molecule has 0 spiro atoms. The highest BCUT2D eigenvalue weighted by atomic mass is 16.7. The standard InChI is InChI=1S/C7H10O3/c1-2-4-6(9-4)7-5(3-8)10-7/h2,4-8H,1,3H2/t4-,5-,6+,7+/m0/s1. The Hall–Kier alpha value is -0.380. The van der Waals surface area contributed by atoms with Gasteiger partial charge in [0.1, 0.15) is 24.4 Å². The maximum Gasteiger partial charge on any atom is 0.117 e. The van der Waals surface area contributed by atoms with Gasteiger partial charge < -0.3 is 14.6 Å². The Bertz CT molecular complexity index is 157. The summed E-state index contributed by atoms with van der Waals surface area (Å²) in [5.41, 5.74) is 0. The molecule has 0 aliphatic carbocycles. The maximum atomic E-state index is 8.61. The van der Waals surface area contributed by atoms with E-state index in [0.29, 0.717) is 0 Å². The molecule has 0 saturated carbocycles. The largest absolute Gasteiger partial charge is 0.394 e. The molecule has 0 aromatic heterocycles. The number of rotatable bonds is 3. The van der Waals surface area contributed by atoms with Crippen LogP contribution in [0.1, 0.15) is 0 Å². The van der Waals surface area contributed by atoms with Crippen LogP contribution in [-0.2, 0) is 9.47 Å². The Morgan fingerprint density at radius 2 is 2.20 bits per heavy atom. The van der Waals surface area contributed by atoms with E-state index in [9.17, 15) is 0 Å². The van der Waals surface area contributed by atoms with Crippen molar-refractivity contribution in [2.45, 2.75) is 24.4 Å². The lowest BCUT2D eigenvalue weighted by Crippen LogP contribution is -2.06. The summed E-state index contributed by atoms with van der Waals surface area (Å²) in [4.78, 5) is 0. The lowest BCUT2D eigenvalue weighted by atomic mass is 10.2. The van der Waals surface area contributed by atoms with Crippen LogP contribution in [0.15, 0.2) is 12.7 Å². The second kappa shape index (κ2) is 2.05. The molecule has 0 radical (unpaired) electrons. The number of aliphatic hydroxyl groups is 1. The zero-order chi connectivity index (χ0) is 7.14. The van der Waals surface area contributed by atoms with Crippen molar-refractivity contribution in [2.24, 2.45) is 0 Å². The van der Waals surface area contributed by atoms with Crippen molar-refractivity contribution in [3.05, 3.63) is 12.7 Å². The average Bonchev–Trinajstić information content (AvgIpc) is 2.83. The van der Waals surface area contributed by atoms with Crippen molar-refractivity contribution in [1.82, 2.24) is 0 Å². The predicted octanol–water partition coefficient (Wildman–Crippen LogP) is -0.301. The summed E-state index contributed by atoms with van der Waals surface area (Å²) >= 11 is 0. The van der Waals surface area contributed by atoms with E-state index in [1.54, 1.807) is 6.08 Å². The molecule has 0 bridgehead atoms. The third-order valence-corrected chi connectivity index (χ3v) is 1.92. The minimum atomic E-state index is 0.0231. The zero-order valence-electron chi connectivity index (χ0n) is 5.56. The molecule has 3 nitrogen and oxygen atoms in total. The molecule has 2 heterocycles. The van der Waals surface area contributed by atoms with Gasteiger partial charge in [0.15, 0.2) is 0 Å². The molecule has 4 atom stereocenters. The second-order valence-electron chi connectivity index (χ2n) is 2.62. The van der Waals surface area contributed by atoms with Gasteiger partial charge >= 0.3 is 0 Å². The first-order chi connectivity index (χ1) is 4.86. The van der Waals surface area contributed by atoms with Crippen LogP contribution in [0.5, 0.6) is 0 Å². The van der Waals surface area contributed by atoms with E-state index >= 15 is 0 Å². The summed E-state index contributed by atoms with van der Waals surface area (Å²) in [5, 5.41) is 8.61. The van der Waals surface area contributed by atoms with Crippen LogP contribution in [0, 0.1) is 0 Å². The Balaban J connectivity index is 1.79. The van der Waals surface area contributed by atoms with Crippen molar-refractivity contribution >= 4 is 0 Å². The molecular formula is C7H10O3. The Labute approximate surface area is 59.2 Å². The van der Waals surface area contributed by atoms with Crippen LogP contribution in [0.3, 0.4) is 0 Å². The lowest BCUT2D eigenvalue weighted by molar-refractivity contribution is 0.240. The summed E-state index contributed by atoms with van der Waals surface area (Å²) < 4.78 is 10.3. The fraction of sp³-hybridized carbons (Fsp3) is 0.714. The molecule has 2 aliphatic heterocycles. The van der Waals surface area contributed by atoms with Crippen molar-refractivity contribution in [3.63, 3.8) is 0 Å². The van der Waals surface area contributed by atoms with Crippen molar-refractivity contribution < 1.29 is 14.6 Å². The molecule has 1 N–H and O–H groups in total. The molecular weight excluding hydrogens is 132 g/mol. The summed E-state index contributed by atoms with van der Waals surface area (Å²) in [5.74, 6) is 0. The van der Waals surface area contributed by atoms with Crippen LogP contribution in [0.25, 0.3) is 0 Å². The fourth-order valence-corrected chi connectivity index (χ4v) is 1.18. The fourth-order valence-electron chi connectivity index (χ4n) is 1.18. The Morgan fingerprint density at radius 3 is 2.60 bits per heavy atom. The van der Waals surface area contributed by atoms with Crippen molar-refractivity contribution in [3.8, 4) is 0 Å².